The van der Waals surface area contributed by atoms with E-state index in [0.29, 0.717) is 11.1 Å². The van der Waals surface area contributed by atoms with Crippen LogP contribution in [0.3, 0.4) is 0 Å². The Morgan fingerprint density at radius 3 is 2.71 bits per heavy atom. The molecular formula is C13H17FN2O. The van der Waals surface area contributed by atoms with E-state index >= 15 is 0 Å². The summed E-state index contributed by atoms with van der Waals surface area (Å²) in [5, 5.41) is 21.3. The Bertz CT molecular complexity index is 436. The van der Waals surface area contributed by atoms with Crippen molar-refractivity contribution < 1.29 is 9.50 Å². The summed E-state index contributed by atoms with van der Waals surface area (Å²) in [6.45, 7) is 5.63. The molecule has 0 aliphatic rings. The minimum Gasteiger partial charge on any atom is -0.392 e. The topological polar surface area (TPSA) is 56.0 Å². The minimum absolute atomic E-state index is 0.277. The number of hydrogen-bond donors (Lipinski definition) is 2. The zero-order valence-corrected chi connectivity index (χ0v) is 10.3. The zero-order valence-electron chi connectivity index (χ0n) is 10.3. The number of aliphatic hydroxyl groups is 1. The Morgan fingerprint density at radius 1 is 1.53 bits per heavy atom. The zero-order chi connectivity index (χ0) is 13.1. The molecule has 1 aromatic rings. The smallest absolute Gasteiger partial charge is 0.127 e. The van der Waals surface area contributed by atoms with Gasteiger partial charge in [-0.3, -0.25) is 0 Å². The Labute approximate surface area is 101 Å². The first-order valence-electron chi connectivity index (χ1n) is 5.48. The fraction of sp³-hybridized carbons (Fsp3) is 0.462. The van der Waals surface area contributed by atoms with Crippen molar-refractivity contribution in [3.05, 3.63) is 35.1 Å². The molecular weight excluding hydrogens is 219 g/mol. The second-order valence-electron chi connectivity index (χ2n) is 4.67. The third-order valence-corrected chi connectivity index (χ3v) is 2.95. The molecule has 0 aliphatic heterocycles. The summed E-state index contributed by atoms with van der Waals surface area (Å²) in [5.41, 5.74) is 0.352. The van der Waals surface area contributed by atoms with Gasteiger partial charge in [-0.2, -0.15) is 5.26 Å². The Balaban J connectivity index is 2.79. The summed E-state index contributed by atoms with van der Waals surface area (Å²) in [6.07, 6.45) is -0.551. The largest absolute Gasteiger partial charge is 0.392 e. The highest BCUT2D eigenvalue weighted by molar-refractivity contribution is 5.33. The molecule has 2 N–H and O–H groups in total. The molecule has 17 heavy (non-hydrogen) atoms. The van der Waals surface area contributed by atoms with Gasteiger partial charge in [0.05, 0.1) is 17.7 Å². The molecule has 3 nitrogen and oxygen atoms in total. The number of rotatable bonds is 4. The van der Waals surface area contributed by atoms with E-state index in [9.17, 15) is 9.50 Å². The van der Waals surface area contributed by atoms with E-state index < -0.39 is 11.6 Å². The number of aliphatic hydroxyl groups excluding tert-OH is 1. The van der Waals surface area contributed by atoms with Crippen molar-refractivity contribution in [3.63, 3.8) is 0 Å². The van der Waals surface area contributed by atoms with E-state index in [1.165, 1.54) is 18.2 Å². The highest BCUT2D eigenvalue weighted by Gasteiger charge is 2.23. The van der Waals surface area contributed by atoms with Crippen LogP contribution in [0.4, 0.5) is 4.39 Å². The van der Waals surface area contributed by atoms with Gasteiger partial charge in [0.2, 0.25) is 0 Å². The maximum absolute atomic E-state index is 13.5. The van der Waals surface area contributed by atoms with Gasteiger partial charge in [-0.25, -0.2) is 4.39 Å². The van der Waals surface area contributed by atoms with Gasteiger partial charge in [-0.1, -0.05) is 0 Å². The van der Waals surface area contributed by atoms with Crippen LogP contribution in [0.1, 0.15) is 31.9 Å². The molecule has 0 aromatic heterocycles. The molecule has 0 saturated carbocycles. The third kappa shape index (κ3) is 3.52. The van der Waals surface area contributed by atoms with Crippen LogP contribution in [0, 0.1) is 17.1 Å². The average molecular weight is 236 g/mol. The summed E-state index contributed by atoms with van der Waals surface area (Å²) in [6, 6.07) is 6.21. The van der Waals surface area contributed by atoms with Crippen molar-refractivity contribution in [3.8, 4) is 6.07 Å². The lowest BCUT2D eigenvalue weighted by molar-refractivity contribution is 0.0954. The fourth-order valence-electron chi connectivity index (χ4n) is 1.25. The first-order chi connectivity index (χ1) is 7.86. The number of halogens is 1. The second kappa shape index (κ2) is 5.26. The first kappa shape index (κ1) is 13.6. The maximum Gasteiger partial charge on any atom is 0.127 e. The number of nitrogens with one attached hydrogen (secondary N) is 1. The van der Waals surface area contributed by atoms with Gasteiger partial charge >= 0.3 is 0 Å². The summed E-state index contributed by atoms with van der Waals surface area (Å²) < 4.78 is 13.5. The van der Waals surface area contributed by atoms with Gasteiger partial charge in [0.15, 0.2) is 0 Å². The van der Waals surface area contributed by atoms with Crippen molar-refractivity contribution in [1.82, 2.24) is 5.32 Å². The van der Waals surface area contributed by atoms with E-state index in [1.807, 2.05) is 19.9 Å². The summed E-state index contributed by atoms with van der Waals surface area (Å²) in [5.74, 6) is -0.349. The van der Waals surface area contributed by atoms with Gasteiger partial charge in [-0.05, 0) is 39.0 Å². The number of hydrogen-bond acceptors (Lipinski definition) is 3. The molecule has 0 fully saturated rings. The Hall–Kier alpha value is -1.44. The van der Waals surface area contributed by atoms with Gasteiger partial charge in [0.1, 0.15) is 5.82 Å². The molecule has 0 spiro atoms. The number of benzene rings is 1. The monoisotopic (exact) mass is 236 g/mol. The van der Waals surface area contributed by atoms with Gasteiger partial charge < -0.3 is 10.4 Å². The van der Waals surface area contributed by atoms with Crippen molar-refractivity contribution >= 4 is 0 Å². The second-order valence-corrected chi connectivity index (χ2v) is 4.67. The van der Waals surface area contributed by atoms with Crippen LogP contribution in [-0.4, -0.2) is 16.7 Å². The standard InChI is InChI=1S/C13H17FN2O/c1-9(17)13(2,3)16-8-11-6-10(7-15)4-5-12(11)14/h4-6,9,16-17H,8H2,1-3H3. The van der Waals surface area contributed by atoms with E-state index in [4.69, 9.17) is 5.26 Å². The van der Waals surface area contributed by atoms with E-state index in [2.05, 4.69) is 5.32 Å². The molecule has 4 heteroatoms. The van der Waals surface area contributed by atoms with E-state index in [0.717, 1.165) is 0 Å². The SMILES string of the molecule is CC(O)C(C)(C)NCc1cc(C#N)ccc1F. The lowest BCUT2D eigenvalue weighted by Gasteiger charge is -2.29. The molecule has 0 radical (unpaired) electrons. The molecule has 0 aliphatic carbocycles. The minimum atomic E-state index is -0.551. The van der Waals surface area contributed by atoms with E-state index in [-0.39, 0.29) is 12.4 Å². The number of nitrogens with zero attached hydrogens (tertiary/aromatic N) is 1. The van der Waals surface area contributed by atoms with Gasteiger partial charge in [-0.15, -0.1) is 0 Å². The number of nitriles is 1. The van der Waals surface area contributed by atoms with Crippen molar-refractivity contribution in [2.24, 2.45) is 0 Å². The normalized spacial score (nSPS) is 13.2. The van der Waals surface area contributed by atoms with Crippen molar-refractivity contribution in [2.75, 3.05) is 0 Å². The molecule has 92 valence electrons. The Kier molecular flexibility index (Phi) is 4.22. The average Bonchev–Trinajstić information content (AvgIpc) is 2.28. The lowest BCUT2D eigenvalue weighted by atomic mass is 9.98. The van der Waals surface area contributed by atoms with Gasteiger partial charge in [0.25, 0.3) is 0 Å². The fourth-order valence-corrected chi connectivity index (χ4v) is 1.25. The van der Waals surface area contributed by atoms with E-state index in [1.54, 1.807) is 6.92 Å². The highest BCUT2D eigenvalue weighted by atomic mass is 19.1. The molecule has 1 atom stereocenters. The van der Waals surface area contributed by atoms with Crippen molar-refractivity contribution in [1.29, 1.82) is 5.26 Å². The maximum atomic E-state index is 13.5. The lowest BCUT2D eigenvalue weighted by Crippen LogP contribution is -2.47. The predicted octanol–water partition coefficient (Wildman–Crippen LogP) is 1.95. The quantitative estimate of drug-likeness (QED) is 0.840. The summed E-state index contributed by atoms with van der Waals surface area (Å²) >= 11 is 0. The molecule has 0 saturated heterocycles. The summed E-state index contributed by atoms with van der Waals surface area (Å²) in [4.78, 5) is 0. The first-order valence-corrected chi connectivity index (χ1v) is 5.48. The molecule has 1 rings (SSSR count). The Morgan fingerprint density at radius 2 is 2.18 bits per heavy atom. The summed E-state index contributed by atoms with van der Waals surface area (Å²) in [7, 11) is 0. The third-order valence-electron chi connectivity index (χ3n) is 2.95. The predicted molar refractivity (Wildman–Crippen MR) is 63.7 cm³/mol. The van der Waals surface area contributed by atoms with Crippen LogP contribution in [-0.2, 0) is 6.54 Å². The van der Waals surface area contributed by atoms with Crippen LogP contribution in [0.15, 0.2) is 18.2 Å². The van der Waals surface area contributed by atoms with Crippen LogP contribution >= 0.6 is 0 Å². The van der Waals surface area contributed by atoms with Crippen LogP contribution < -0.4 is 5.32 Å². The molecule has 1 unspecified atom stereocenters. The van der Waals surface area contributed by atoms with Crippen molar-refractivity contribution in [2.45, 2.75) is 39.0 Å². The molecule has 1 aromatic carbocycles. The molecule has 0 bridgehead atoms. The highest BCUT2D eigenvalue weighted by Crippen LogP contribution is 2.13. The van der Waals surface area contributed by atoms with Gasteiger partial charge in [0, 0.05) is 17.6 Å². The molecule has 0 heterocycles. The van der Waals surface area contributed by atoms with Crippen LogP contribution in [0.5, 0.6) is 0 Å². The van der Waals surface area contributed by atoms with Crippen LogP contribution in [0.2, 0.25) is 0 Å². The molecule has 0 amide bonds. The van der Waals surface area contributed by atoms with Crippen LogP contribution in [0.25, 0.3) is 0 Å².